The van der Waals surface area contributed by atoms with E-state index in [4.69, 9.17) is 22.8 Å². The number of carbonyl (C=O) groups is 1. The monoisotopic (exact) mass is 237 g/mol. The van der Waals surface area contributed by atoms with E-state index in [0.29, 0.717) is 10.7 Å². The van der Waals surface area contributed by atoms with Gasteiger partial charge in [-0.2, -0.15) is 0 Å². The summed E-state index contributed by atoms with van der Waals surface area (Å²) in [6.45, 7) is 3.27. The lowest BCUT2D eigenvalue weighted by atomic mass is 10.1. The van der Waals surface area contributed by atoms with E-state index in [2.05, 4.69) is 11.2 Å². The third kappa shape index (κ3) is 3.84. The summed E-state index contributed by atoms with van der Waals surface area (Å²) in [5.41, 5.74) is -0.321. The van der Waals surface area contributed by atoms with E-state index in [-0.39, 0.29) is 0 Å². The van der Waals surface area contributed by atoms with Gasteiger partial charge in [0.2, 0.25) is 0 Å². The Morgan fingerprint density at radius 2 is 2.00 bits per heavy atom. The first-order valence-electron chi connectivity index (χ1n) is 4.66. The molecule has 0 heterocycles. The molecule has 0 aliphatic rings. The van der Waals surface area contributed by atoms with E-state index < -0.39 is 11.7 Å². The van der Waals surface area contributed by atoms with E-state index in [0.717, 1.165) is 0 Å². The third-order valence-corrected chi connectivity index (χ3v) is 2.04. The molecular formula is C12H12ClNO2. The summed E-state index contributed by atoms with van der Waals surface area (Å²) < 4.78 is 5.00. The normalized spacial score (nSPS) is 10.4. The standard InChI is InChI=1S/C12H12ClNO2/c1-4-12(2,3)16-11(15)14-10-7-5-9(13)6-8-10/h1,5-8H,2-3H3,(H,14,15). The minimum atomic E-state index is -0.920. The molecule has 84 valence electrons. The van der Waals surface area contributed by atoms with Crippen LogP contribution in [-0.2, 0) is 4.74 Å². The fourth-order valence-electron chi connectivity index (χ4n) is 0.938. The number of benzene rings is 1. The van der Waals surface area contributed by atoms with Gasteiger partial charge in [0, 0.05) is 10.7 Å². The number of nitrogens with one attached hydrogen (secondary N) is 1. The minimum absolute atomic E-state index is 0.592. The molecule has 0 atom stereocenters. The lowest BCUT2D eigenvalue weighted by Gasteiger charge is -2.18. The van der Waals surface area contributed by atoms with Crippen LogP contribution in [0.3, 0.4) is 0 Å². The van der Waals surface area contributed by atoms with Crippen LogP contribution >= 0.6 is 11.6 Å². The summed E-state index contributed by atoms with van der Waals surface area (Å²) >= 11 is 5.71. The number of hydrogen-bond donors (Lipinski definition) is 1. The fraction of sp³-hybridized carbons (Fsp3) is 0.250. The second kappa shape index (κ2) is 4.91. The second-order valence-electron chi connectivity index (χ2n) is 3.68. The number of amides is 1. The Morgan fingerprint density at radius 1 is 1.44 bits per heavy atom. The predicted octanol–water partition coefficient (Wildman–Crippen LogP) is 3.30. The molecule has 1 N–H and O–H groups in total. The Hall–Kier alpha value is -1.66. The Morgan fingerprint density at radius 3 is 2.50 bits per heavy atom. The number of rotatable bonds is 2. The SMILES string of the molecule is C#CC(C)(C)OC(=O)Nc1ccc(Cl)cc1. The van der Waals surface area contributed by atoms with E-state index in [9.17, 15) is 4.79 Å². The zero-order chi connectivity index (χ0) is 12.2. The maximum atomic E-state index is 11.4. The van der Waals surface area contributed by atoms with Crippen molar-refractivity contribution in [2.45, 2.75) is 19.4 Å². The van der Waals surface area contributed by atoms with Gasteiger partial charge in [-0.25, -0.2) is 4.79 Å². The first-order chi connectivity index (χ1) is 7.43. The van der Waals surface area contributed by atoms with Crippen molar-refractivity contribution in [2.75, 3.05) is 5.32 Å². The van der Waals surface area contributed by atoms with Gasteiger partial charge in [0.15, 0.2) is 5.60 Å². The molecule has 3 nitrogen and oxygen atoms in total. The second-order valence-corrected chi connectivity index (χ2v) is 4.11. The summed E-state index contributed by atoms with van der Waals surface area (Å²) in [4.78, 5) is 11.4. The molecule has 0 bridgehead atoms. The largest absolute Gasteiger partial charge is 0.430 e. The number of carbonyl (C=O) groups excluding carboxylic acids is 1. The molecule has 4 heteroatoms. The van der Waals surface area contributed by atoms with Crippen LogP contribution < -0.4 is 5.32 Å². The number of halogens is 1. The highest BCUT2D eigenvalue weighted by molar-refractivity contribution is 6.30. The lowest BCUT2D eigenvalue weighted by molar-refractivity contribution is 0.0906. The van der Waals surface area contributed by atoms with Gasteiger partial charge < -0.3 is 4.74 Å². The highest BCUT2D eigenvalue weighted by Crippen LogP contribution is 2.15. The smallest absolute Gasteiger partial charge is 0.413 e. The maximum absolute atomic E-state index is 11.4. The first-order valence-corrected chi connectivity index (χ1v) is 5.04. The molecule has 1 aromatic carbocycles. The van der Waals surface area contributed by atoms with Gasteiger partial charge in [-0.05, 0) is 38.1 Å². The van der Waals surface area contributed by atoms with E-state index >= 15 is 0 Å². The molecule has 0 aliphatic heterocycles. The third-order valence-electron chi connectivity index (χ3n) is 1.79. The Kier molecular flexibility index (Phi) is 3.81. The van der Waals surface area contributed by atoms with Crippen molar-refractivity contribution >= 4 is 23.4 Å². The van der Waals surface area contributed by atoms with Gasteiger partial charge in [-0.3, -0.25) is 5.32 Å². The van der Waals surface area contributed by atoms with Crippen LogP contribution in [0.2, 0.25) is 5.02 Å². The van der Waals surface area contributed by atoms with Gasteiger partial charge in [-0.1, -0.05) is 17.5 Å². The zero-order valence-corrected chi connectivity index (χ0v) is 9.84. The van der Waals surface area contributed by atoms with Crippen LogP contribution in [0.1, 0.15) is 13.8 Å². The molecule has 1 amide bonds. The zero-order valence-electron chi connectivity index (χ0n) is 9.08. The number of terminal acetylenes is 1. The van der Waals surface area contributed by atoms with Gasteiger partial charge >= 0.3 is 6.09 Å². The first kappa shape index (κ1) is 12.4. The quantitative estimate of drug-likeness (QED) is 0.802. The van der Waals surface area contributed by atoms with Crippen molar-refractivity contribution in [1.82, 2.24) is 0 Å². The van der Waals surface area contributed by atoms with E-state index in [1.165, 1.54) is 0 Å². The van der Waals surface area contributed by atoms with Crippen molar-refractivity contribution in [3.63, 3.8) is 0 Å². The Bertz CT molecular complexity index is 418. The topological polar surface area (TPSA) is 38.3 Å². The number of anilines is 1. The van der Waals surface area contributed by atoms with Gasteiger partial charge in [-0.15, -0.1) is 6.42 Å². The van der Waals surface area contributed by atoms with Crippen molar-refractivity contribution in [1.29, 1.82) is 0 Å². The van der Waals surface area contributed by atoms with Crippen LogP contribution in [0.5, 0.6) is 0 Å². The maximum Gasteiger partial charge on any atom is 0.413 e. The lowest BCUT2D eigenvalue weighted by Crippen LogP contribution is -2.28. The minimum Gasteiger partial charge on any atom is -0.430 e. The number of hydrogen-bond acceptors (Lipinski definition) is 2. The van der Waals surface area contributed by atoms with Gasteiger partial charge in [0.05, 0.1) is 0 Å². The molecular weight excluding hydrogens is 226 g/mol. The molecule has 0 fully saturated rings. The van der Waals surface area contributed by atoms with Gasteiger partial charge in [0.25, 0.3) is 0 Å². The van der Waals surface area contributed by atoms with Crippen LogP contribution in [0.25, 0.3) is 0 Å². The van der Waals surface area contributed by atoms with Crippen molar-refractivity contribution in [3.8, 4) is 12.3 Å². The highest BCUT2D eigenvalue weighted by Gasteiger charge is 2.19. The van der Waals surface area contributed by atoms with Crippen LogP contribution in [0.4, 0.5) is 10.5 Å². The molecule has 0 spiro atoms. The summed E-state index contributed by atoms with van der Waals surface area (Å²) in [6, 6.07) is 6.69. The molecule has 0 aliphatic carbocycles. The van der Waals surface area contributed by atoms with Crippen LogP contribution in [0.15, 0.2) is 24.3 Å². The van der Waals surface area contributed by atoms with Crippen molar-refractivity contribution < 1.29 is 9.53 Å². The Labute approximate surface area is 99.7 Å². The molecule has 0 saturated carbocycles. The molecule has 0 radical (unpaired) electrons. The van der Waals surface area contributed by atoms with E-state index in [1.54, 1.807) is 38.1 Å². The van der Waals surface area contributed by atoms with Crippen molar-refractivity contribution in [2.24, 2.45) is 0 Å². The van der Waals surface area contributed by atoms with E-state index in [1.807, 2.05) is 0 Å². The Balaban J connectivity index is 2.59. The average Bonchev–Trinajstić information content (AvgIpc) is 2.21. The molecule has 1 aromatic rings. The molecule has 1 rings (SSSR count). The highest BCUT2D eigenvalue weighted by atomic mass is 35.5. The number of ether oxygens (including phenoxy) is 1. The van der Waals surface area contributed by atoms with Crippen LogP contribution in [0, 0.1) is 12.3 Å². The van der Waals surface area contributed by atoms with Crippen LogP contribution in [-0.4, -0.2) is 11.7 Å². The molecule has 0 aromatic heterocycles. The van der Waals surface area contributed by atoms with Crippen molar-refractivity contribution in [3.05, 3.63) is 29.3 Å². The summed E-state index contributed by atoms with van der Waals surface area (Å²) in [5.74, 6) is 2.36. The molecule has 0 saturated heterocycles. The van der Waals surface area contributed by atoms with Gasteiger partial charge in [0.1, 0.15) is 0 Å². The fourth-order valence-corrected chi connectivity index (χ4v) is 1.06. The summed E-state index contributed by atoms with van der Waals surface area (Å²) in [5, 5.41) is 3.14. The molecule has 16 heavy (non-hydrogen) atoms. The molecule has 0 unspecified atom stereocenters. The summed E-state index contributed by atoms with van der Waals surface area (Å²) in [7, 11) is 0. The average molecular weight is 238 g/mol. The summed E-state index contributed by atoms with van der Waals surface area (Å²) in [6.07, 6.45) is 4.60. The predicted molar refractivity (Wildman–Crippen MR) is 64.5 cm³/mol.